The second kappa shape index (κ2) is 7.44. The quantitative estimate of drug-likeness (QED) is 0.783. The second-order valence-corrected chi connectivity index (χ2v) is 8.39. The number of anilines is 2. The molecule has 9 heteroatoms. The molecule has 2 aromatic rings. The minimum absolute atomic E-state index is 0.0151. The molecule has 3 heterocycles. The van der Waals surface area contributed by atoms with E-state index in [1.54, 1.807) is 28.4 Å². The van der Waals surface area contributed by atoms with Crippen LogP contribution in [0.2, 0.25) is 5.02 Å². The van der Waals surface area contributed by atoms with Gasteiger partial charge < -0.3 is 14.7 Å². The van der Waals surface area contributed by atoms with Crippen LogP contribution in [0.4, 0.5) is 10.8 Å². The first-order valence-corrected chi connectivity index (χ1v) is 10.1. The fourth-order valence-corrected chi connectivity index (χ4v) is 4.40. The maximum absolute atomic E-state index is 12.9. The van der Waals surface area contributed by atoms with Crippen LogP contribution in [-0.4, -0.2) is 59.6 Å². The fraction of sp³-hybridized carbons (Fsp3) is 0.444. The van der Waals surface area contributed by atoms with Crippen molar-refractivity contribution in [1.29, 1.82) is 0 Å². The summed E-state index contributed by atoms with van der Waals surface area (Å²) in [6.07, 6.45) is 0.261. The van der Waals surface area contributed by atoms with E-state index >= 15 is 0 Å². The van der Waals surface area contributed by atoms with Crippen molar-refractivity contribution in [2.24, 2.45) is 5.92 Å². The van der Waals surface area contributed by atoms with Crippen molar-refractivity contribution < 1.29 is 9.59 Å². The normalized spacial score (nSPS) is 20.4. The maximum atomic E-state index is 12.9. The van der Waals surface area contributed by atoms with Crippen molar-refractivity contribution in [1.82, 2.24) is 15.1 Å². The molecule has 27 heavy (non-hydrogen) atoms. The summed E-state index contributed by atoms with van der Waals surface area (Å²) in [4.78, 5) is 31.0. The first kappa shape index (κ1) is 18.2. The van der Waals surface area contributed by atoms with Gasteiger partial charge in [0.2, 0.25) is 16.9 Å². The molecule has 0 N–H and O–H groups in total. The third-order valence-electron chi connectivity index (χ3n) is 4.99. The summed E-state index contributed by atoms with van der Waals surface area (Å²) in [7, 11) is 0. The van der Waals surface area contributed by atoms with Crippen LogP contribution in [0, 0.1) is 12.8 Å². The van der Waals surface area contributed by atoms with Crippen LogP contribution < -0.4 is 9.80 Å². The summed E-state index contributed by atoms with van der Waals surface area (Å²) < 4.78 is 0. The zero-order valence-electron chi connectivity index (χ0n) is 15.0. The minimum atomic E-state index is -0.288. The van der Waals surface area contributed by atoms with Gasteiger partial charge >= 0.3 is 0 Å². The zero-order valence-corrected chi connectivity index (χ0v) is 16.5. The van der Waals surface area contributed by atoms with Crippen LogP contribution in [0.1, 0.15) is 11.4 Å². The fourth-order valence-electron chi connectivity index (χ4n) is 3.53. The number of benzene rings is 1. The number of rotatable bonds is 3. The van der Waals surface area contributed by atoms with E-state index in [4.69, 9.17) is 11.6 Å². The summed E-state index contributed by atoms with van der Waals surface area (Å²) in [6.45, 7) is 5.12. The molecule has 2 saturated heterocycles. The number of carbonyl (C=O) groups is 2. The van der Waals surface area contributed by atoms with Crippen molar-refractivity contribution in [2.45, 2.75) is 13.3 Å². The minimum Gasteiger partial charge on any atom is -0.343 e. The molecule has 7 nitrogen and oxygen atoms in total. The lowest BCUT2D eigenvalue weighted by Crippen LogP contribution is -2.50. The molecule has 2 amide bonds. The Kier molecular flexibility index (Phi) is 5.01. The van der Waals surface area contributed by atoms with Crippen LogP contribution in [0.25, 0.3) is 0 Å². The van der Waals surface area contributed by atoms with Gasteiger partial charge in [0.1, 0.15) is 5.01 Å². The highest BCUT2D eigenvalue weighted by molar-refractivity contribution is 7.15. The highest BCUT2D eigenvalue weighted by atomic mass is 35.5. The lowest BCUT2D eigenvalue weighted by Gasteiger charge is -2.35. The Morgan fingerprint density at radius 2 is 1.85 bits per heavy atom. The molecule has 0 aliphatic carbocycles. The number of hydrogen-bond donors (Lipinski definition) is 0. The Balaban J connectivity index is 1.36. The molecule has 2 fully saturated rings. The summed E-state index contributed by atoms with van der Waals surface area (Å²) >= 11 is 7.48. The molecule has 0 radical (unpaired) electrons. The van der Waals surface area contributed by atoms with Crippen molar-refractivity contribution in [3.8, 4) is 0 Å². The highest BCUT2D eigenvalue weighted by Crippen LogP contribution is 2.28. The molecule has 2 aliphatic rings. The van der Waals surface area contributed by atoms with Gasteiger partial charge in [0.25, 0.3) is 0 Å². The van der Waals surface area contributed by atoms with Crippen LogP contribution in [0.5, 0.6) is 0 Å². The molecule has 0 saturated carbocycles. The van der Waals surface area contributed by atoms with Crippen LogP contribution in [0.3, 0.4) is 0 Å². The van der Waals surface area contributed by atoms with E-state index in [-0.39, 0.29) is 24.2 Å². The number of amides is 2. The topological polar surface area (TPSA) is 69.6 Å². The molecule has 1 unspecified atom stereocenters. The first-order chi connectivity index (χ1) is 13.0. The summed E-state index contributed by atoms with van der Waals surface area (Å²) in [5.41, 5.74) is 0.788. The number of aryl methyl sites for hydroxylation is 1. The van der Waals surface area contributed by atoms with Crippen LogP contribution in [-0.2, 0) is 9.59 Å². The number of carbonyl (C=O) groups excluding carboxylic acids is 2. The molecule has 142 valence electrons. The number of hydrogen-bond acceptors (Lipinski definition) is 6. The lowest BCUT2D eigenvalue weighted by atomic mass is 10.1. The first-order valence-electron chi connectivity index (χ1n) is 8.91. The van der Waals surface area contributed by atoms with E-state index in [0.29, 0.717) is 24.7 Å². The van der Waals surface area contributed by atoms with E-state index < -0.39 is 0 Å². The number of aromatic nitrogens is 2. The average Bonchev–Trinajstić information content (AvgIpc) is 3.28. The molecule has 2 aliphatic heterocycles. The van der Waals surface area contributed by atoms with Gasteiger partial charge in [-0.15, -0.1) is 10.2 Å². The summed E-state index contributed by atoms with van der Waals surface area (Å²) in [5.74, 6) is -0.241. The average molecular weight is 406 g/mol. The summed E-state index contributed by atoms with van der Waals surface area (Å²) in [5, 5.41) is 10.7. The van der Waals surface area contributed by atoms with Gasteiger partial charge in [-0.05, 0) is 31.2 Å². The second-order valence-electron chi connectivity index (χ2n) is 6.80. The van der Waals surface area contributed by atoms with Crippen LogP contribution >= 0.6 is 22.9 Å². The Morgan fingerprint density at radius 1 is 1.15 bits per heavy atom. The SMILES string of the molecule is Cc1nnc(N2CCN(C(=O)C3CC(=O)N(c4ccc(Cl)cc4)C3)CC2)s1. The number of nitrogens with zero attached hydrogens (tertiary/aromatic N) is 5. The van der Waals surface area contributed by atoms with E-state index in [2.05, 4.69) is 15.1 Å². The van der Waals surface area contributed by atoms with Gasteiger partial charge in [-0.1, -0.05) is 22.9 Å². The van der Waals surface area contributed by atoms with Gasteiger partial charge in [-0.25, -0.2) is 0 Å². The molecule has 1 aromatic heterocycles. The smallest absolute Gasteiger partial charge is 0.228 e. The lowest BCUT2D eigenvalue weighted by molar-refractivity contribution is -0.136. The largest absolute Gasteiger partial charge is 0.343 e. The molecule has 4 rings (SSSR count). The molecule has 1 atom stereocenters. The Bertz CT molecular complexity index is 848. The standard InChI is InChI=1S/C18H20ClN5O2S/c1-12-20-21-18(27-12)23-8-6-22(7-9-23)17(26)13-10-16(25)24(11-13)15-4-2-14(19)3-5-15/h2-5,13H,6-11H2,1H3. The molecular formula is C18H20ClN5O2S. The highest BCUT2D eigenvalue weighted by Gasteiger charge is 2.38. The number of piperazine rings is 1. The van der Waals surface area contributed by atoms with E-state index in [0.717, 1.165) is 28.9 Å². The summed E-state index contributed by atoms with van der Waals surface area (Å²) in [6, 6.07) is 7.15. The molecule has 0 bridgehead atoms. The monoisotopic (exact) mass is 405 g/mol. The predicted octanol–water partition coefficient (Wildman–Crippen LogP) is 2.20. The van der Waals surface area contributed by atoms with Gasteiger partial charge in [0.05, 0.1) is 5.92 Å². The van der Waals surface area contributed by atoms with E-state index in [1.165, 1.54) is 0 Å². The number of halogens is 1. The van der Waals surface area contributed by atoms with Crippen molar-refractivity contribution >= 4 is 45.6 Å². The molecule has 0 spiro atoms. The van der Waals surface area contributed by atoms with Gasteiger partial charge in [-0.2, -0.15) is 0 Å². The zero-order chi connectivity index (χ0) is 19.0. The molecule has 1 aromatic carbocycles. The third-order valence-corrected chi connectivity index (χ3v) is 6.14. The van der Waals surface area contributed by atoms with Gasteiger partial charge in [0, 0.05) is 49.9 Å². The molecular weight excluding hydrogens is 386 g/mol. The Hall–Kier alpha value is -2.19. The van der Waals surface area contributed by atoms with Gasteiger partial charge in [-0.3, -0.25) is 9.59 Å². The Labute approximate surface area is 166 Å². The van der Waals surface area contributed by atoms with Crippen molar-refractivity contribution in [2.75, 3.05) is 42.5 Å². The van der Waals surface area contributed by atoms with E-state index in [1.807, 2.05) is 24.0 Å². The third kappa shape index (κ3) is 3.77. The van der Waals surface area contributed by atoms with Crippen molar-refractivity contribution in [3.05, 3.63) is 34.3 Å². The van der Waals surface area contributed by atoms with Crippen molar-refractivity contribution in [3.63, 3.8) is 0 Å². The maximum Gasteiger partial charge on any atom is 0.228 e. The predicted molar refractivity (Wildman–Crippen MR) is 105 cm³/mol. The van der Waals surface area contributed by atoms with Gasteiger partial charge in [0.15, 0.2) is 0 Å². The van der Waals surface area contributed by atoms with E-state index in [9.17, 15) is 9.59 Å². The Morgan fingerprint density at radius 3 is 2.48 bits per heavy atom. The van der Waals surface area contributed by atoms with Crippen LogP contribution in [0.15, 0.2) is 24.3 Å².